The van der Waals surface area contributed by atoms with E-state index < -0.39 is 0 Å². The highest BCUT2D eigenvalue weighted by atomic mass is 15.1. The van der Waals surface area contributed by atoms with Gasteiger partial charge in [0.05, 0.1) is 6.54 Å². The fourth-order valence-electron chi connectivity index (χ4n) is 4.23. The summed E-state index contributed by atoms with van der Waals surface area (Å²) in [4.78, 5) is 2.47. The quantitative estimate of drug-likeness (QED) is 0.730. The zero-order valence-electron chi connectivity index (χ0n) is 11.6. The minimum atomic E-state index is 0.435. The van der Waals surface area contributed by atoms with Crippen molar-refractivity contribution in [3.63, 3.8) is 0 Å². The average Bonchev–Trinajstić information content (AvgIpc) is 2.48. The molecule has 0 N–H and O–H groups in total. The van der Waals surface area contributed by atoms with E-state index in [2.05, 4.69) is 41.2 Å². The van der Waals surface area contributed by atoms with E-state index in [-0.39, 0.29) is 0 Å². The number of nitrogens with zero attached hydrogens (tertiary/aromatic N) is 1. The highest BCUT2D eigenvalue weighted by Gasteiger charge is 2.44. The molecular weight excluding hydrogens is 230 g/mol. The van der Waals surface area contributed by atoms with Gasteiger partial charge >= 0.3 is 0 Å². The van der Waals surface area contributed by atoms with Crippen molar-refractivity contribution < 1.29 is 0 Å². The van der Waals surface area contributed by atoms with Gasteiger partial charge in [-0.3, -0.25) is 4.90 Å². The Balaban J connectivity index is 1.88. The molecule has 1 aromatic carbocycles. The van der Waals surface area contributed by atoms with Crippen molar-refractivity contribution in [1.29, 1.82) is 0 Å². The van der Waals surface area contributed by atoms with Crippen LogP contribution < -0.4 is 0 Å². The molecule has 1 aromatic rings. The van der Waals surface area contributed by atoms with Crippen LogP contribution in [0.2, 0.25) is 0 Å². The Hall–Kier alpha value is -1.26. The molecule has 100 valence electrons. The summed E-state index contributed by atoms with van der Waals surface area (Å²) in [5.74, 6) is 3.61. The Labute approximate surface area is 117 Å². The number of terminal acetylenes is 1. The fraction of sp³-hybridized carbons (Fsp3) is 0.556. The van der Waals surface area contributed by atoms with Gasteiger partial charge in [-0.2, -0.15) is 0 Å². The third kappa shape index (κ3) is 2.30. The number of hydrogen-bond acceptors (Lipinski definition) is 1. The molecule has 0 spiro atoms. The third-order valence-electron chi connectivity index (χ3n) is 5.22. The molecule has 2 aliphatic rings. The normalized spacial score (nSPS) is 31.4. The monoisotopic (exact) mass is 253 g/mol. The van der Waals surface area contributed by atoms with Crippen molar-refractivity contribution in [2.24, 2.45) is 5.92 Å². The minimum Gasteiger partial charge on any atom is -0.292 e. The summed E-state index contributed by atoms with van der Waals surface area (Å²) in [7, 11) is 0. The van der Waals surface area contributed by atoms with Crippen molar-refractivity contribution in [3.05, 3.63) is 35.9 Å². The predicted molar refractivity (Wildman–Crippen MR) is 80.0 cm³/mol. The van der Waals surface area contributed by atoms with E-state index in [0.717, 1.165) is 19.0 Å². The first kappa shape index (κ1) is 12.8. The van der Waals surface area contributed by atoms with Gasteiger partial charge in [-0.1, -0.05) is 49.1 Å². The molecule has 1 aliphatic heterocycles. The van der Waals surface area contributed by atoms with Crippen molar-refractivity contribution in [1.82, 2.24) is 4.90 Å². The van der Waals surface area contributed by atoms with Gasteiger partial charge in [-0.25, -0.2) is 0 Å². The number of likely N-dealkylation sites (tertiary alicyclic amines) is 1. The van der Waals surface area contributed by atoms with Gasteiger partial charge in [-0.05, 0) is 37.3 Å². The summed E-state index contributed by atoms with van der Waals surface area (Å²) in [5, 5.41) is 0. The van der Waals surface area contributed by atoms with E-state index in [1.807, 2.05) is 0 Å². The maximum atomic E-state index is 5.48. The highest BCUT2D eigenvalue weighted by Crippen LogP contribution is 2.48. The largest absolute Gasteiger partial charge is 0.292 e. The molecule has 3 rings (SSSR count). The second-order valence-corrected chi connectivity index (χ2v) is 6.15. The zero-order valence-corrected chi connectivity index (χ0v) is 11.6. The van der Waals surface area contributed by atoms with Crippen molar-refractivity contribution >= 4 is 0 Å². The molecule has 0 bridgehead atoms. The van der Waals surface area contributed by atoms with Crippen LogP contribution >= 0.6 is 0 Å². The van der Waals surface area contributed by atoms with E-state index >= 15 is 0 Å². The third-order valence-corrected chi connectivity index (χ3v) is 5.22. The lowest BCUT2D eigenvalue weighted by Crippen LogP contribution is -2.51. The van der Waals surface area contributed by atoms with Crippen LogP contribution in [-0.2, 0) is 5.41 Å². The lowest BCUT2D eigenvalue weighted by atomic mass is 9.59. The summed E-state index contributed by atoms with van der Waals surface area (Å²) in [5.41, 5.74) is 2.00. The smallest absolute Gasteiger partial charge is 0.0599 e. The molecule has 1 saturated carbocycles. The first-order valence-corrected chi connectivity index (χ1v) is 7.56. The van der Waals surface area contributed by atoms with Gasteiger partial charge in [-0.15, -0.1) is 6.42 Å². The highest BCUT2D eigenvalue weighted by molar-refractivity contribution is 5.28. The Morgan fingerprint density at radius 3 is 2.84 bits per heavy atom. The lowest BCUT2D eigenvalue weighted by molar-refractivity contribution is 0.0639. The van der Waals surface area contributed by atoms with Crippen LogP contribution in [0.25, 0.3) is 0 Å². The number of fused-ring (bicyclic) bond motifs is 1. The van der Waals surface area contributed by atoms with Crippen molar-refractivity contribution in [2.75, 3.05) is 19.6 Å². The molecule has 1 heteroatoms. The Morgan fingerprint density at radius 2 is 2.05 bits per heavy atom. The van der Waals surface area contributed by atoms with Crippen LogP contribution in [-0.4, -0.2) is 24.5 Å². The first-order valence-electron chi connectivity index (χ1n) is 7.56. The second kappa shape index (κ2) is 5.39. The van der Waals surface area contributed by atoms with Crippen LogP contribution in [0.15, 0.2) is 30.3 Å². The number of rotatable bonds is 2. The Morgan fingerprint density at radius 1 is 1.21 bits per heavy atom. The topological polar surface area (TPSA) is 3.24 Å². The van der Waals surface area contributed by atoms with Crippen molar-refractivity contribution in [2.45, 2.75) is 37.5 Å². The van der Waals surface area contributed by atoms with Crippen LogP contribution in [0.4, 0.5) is 0 Å². The standard InChI is InChI=1S/C18H23N/c1-2-13-19-14-12-18(16-8-4-3-5-9-16)11-7-6-10-17(18)15-19/h1,3-5,8-9,17H,6-7,10-15H2. The lowest BCUT2D eigenvalue weighted by Gasteiger charge is -2.51. The number of benzene rings is 1. The summed E-state index contributed by atoms with van der Waals surface area (Å²) >= 11 is 0. The second-order valence-electron chi connectivity index (χ2n) is 6.15. The van der Waals surface area contributed by atoms with Gasteiger partial charge in [0.25, 0.3) is 0 Å². The average molecular weight is 253 g/mol. The van der Waals surface area contributed by atoms with Crippen LogP contribution in [0.3, 0.4) is 0 Å². The predicted octanol–water partition coefficient (Wildman–Crippen LogP) is 3.45. The Bertz CT molecular complexity index is 458. The number of piperidine rings is 1. The Kier molecular flexibility index (Phi) is 3.62. The summed E-state index contributed by atoms with van der Waals surface area (Å²) in [6.07, 6.45) is 12.3. The fourth-order valence-corrected chi connectivity index (χ4v) is 4.23. The van der Waals surface area contributed by atoms with E-state index in [1.165, 1.54) is 38.6 Å². The first-order chi connectivity index (χ1) is 9.35. The van der Waals surface area contributed by atoms with Gasteiger partial charge < -0.3 is 0 Å². The molecule has 1 aliphatic carbocycles. The molecule has 2 atom stereocenters. The summed E-state index contributed by atoms with van der Waals surface area (Å²) in [6, 6.07) is 11.2. The molecular formula is C18H23N. The molecule has 19 heavy (non-hydrogen) atoms. The van der Waals surface area contributed by atoms with E-state index in [1.54, 1.807) is 5.56 Å². The van der Waals surface area contributed by atoms with Crippen molar-refractivity contribution in [3.8, 4) is 12.3 Å². The molecule has 2 fully saturated rings. The van der Waals surface area contributed by atoms with E-state index in [0.29, 0.717) is 5.41 Å². The van der Waals surface area contributed by atoms with Crippen LogP contribution in [0.5, 0.6) is 0 Å². The molecule has 2 unspecified atom stereocenters. The molecule has 0 aromatic heterocycles. The van der Waals surface area contributed by atoms with Gasteiger partial charge in [0.1, 0.15) is 0 Å². The van der Waals surface area contributed by atoms with Gasteiger partial charge in [0, 0.05) is 12.0 Å². The van der Waals surface area contributed by atoms with Crippen LogP contribution in [0, 0.1) is 18.3 Å². The van der Waals surface area contributed by atoms with E-state index in [4.69, 9.17) is 6.42 Å². The number of hydrogen-bond donors (Lipinski definition) is 0. The molecule has 0 amide bonds. The molecule has 1 nitrogen and oxygen atoms in total. The SMILES string of the molecule is C#CCN1CCC2(c3ccccc3)CCCCC2C1. The molecule has 0 radical (unpaired) electrons. The minimum absolute atomic E-state index is 0.435. The maximum absolute atomic E-state index is 5.48. The van der Waals surface area contributed by atoms with Gasteiger partial charge in [0.15, 0.2) is 0 Å². The van der Waals surface area contributed by atoms with E-state index in [9.17, 15) is 0 Å². The molecule has 1 heterocycles. The zero-order chi connectivity index (χ0) is 13.1. The molecule has 1 saturated heterocycles. The summed E-state index contributed by atoms with van der Waals surface area (Å²) < 4.78 is 0. The summed E-state index contributed by atoms with van der Waals surface area (Å²) in [6.45, 7) is 3.18. The van der Waals surface area contributed by atoms with Crippen LogP contribution in [0.1, 0.15) is 37.7 Å². The van der Waals surface area contributed by atoms with Gasteiger partial charge in [0.2, 0.25) is 0 Å². The maximum Gasteiger partial charge on any atom is 0.0599 e.